The van der Waals surface area contributed by atoms with E-state index in [0.717, 1.165) is 56.5 Å². The number of carbonyl (C=O) groups excluding carboxylic acids is 1. The predicted molar refractivity (Wildman–Crippen MR) is 151 cm³/mol. The number of nitrogens with zero attached hydrogens (tertiary/aromatic N) is 4. The van der Waals surface area contributed by atoms with E-state index in [1.807, 2.05) is 45.0 Å². The Morgan fingerprint density at radius 1 is 1.18 bits per heavy atom. The van der Waals surface area contributed by atoms with Crippen LogP contribution in [-0.4, -0.2) is 56.9 Å². The van der Waals surface area contributed by atoms with Gasteiger partial charge in [-0.3, -0.25) is 4.79 Å². The summed E-state index contributed by atoms with van der Waals surface area (Å²) in [4.78, 5) is 32.7. The second-order valence-corrected chi connectivity index (χ2v) is 11.7. The number of nitrogens with one attached hydrogen (secondary N) is 1. The third-order valence-electron chi connectivity index (χ3n) is 7.58. The topological polar surface area (TPSA) is 118 Å². The number of para-hydroxylation sites is 1. The smallest absolute Gasteiger partial charge is 0.337 e. The van der Waals surface area contributed by atoms with Crippen LogP contribution in [0.15, 0.2) is 30.3 Å². The molecule has 2 aromatic heterocycles. The number of piperidine rings is 1. The number of carboxylic acids is 1. The molecule has 214 valence electrons. The van der Waals surface area contributed by atoms with E-state index in [0.29, 0.717) is 41.8 Å². The Hall–Kier alpha value is -3.66. The molecule has 3 aliphatic rings. The second-order valence-electron chi connectivity index (χ2n) is 11.7. The summed E-state index contributed by atoms with van der Waals surface area (Å²) in [6, 6.07) is 9.39. The summed E-state index contributed by atoms with van der Waals surface area (Å²) in [7, 11) is 0. The maximum atomic E-state index is 13.3. The molecule has 3 aliphatic heterocycles. The molecule has 40 heavy (non-hydrogen) atoms. The van der Waals surface area contributed by atoms with Crippen molar-refractivity contribution < 1.29 is 24.2 Å². The number of aliphatic carboxylic acids is 1. The Morgan fingerprint density at radius 3 is 2.65 bits per heavy atom. The molecule has 0 unspecified atom stereocenters. The number of carbonyl (C=O) groups is 2. The molecule has 3 aromatic rings. The van der Waals surface area contributed by atoms with Crippen LogP contribution in [0.3, 0.4) is 0 Å². The fourth-order valence-electron chi connectivity index (χ4n) is 5.63. The molecule has 1 fully saturated rings. The average Bonchev–Trinajstić information content (AvgIpc) is 3.33. The maximum Gasteiger partial charge on any atom is 0.337 e. The van der Waals surface area contributed by atoms with Crippen molar-refractivity contribution in [1.29, 1.82) is 0 Å². The van der Waals surface area contributed by atoms with Gasteiger partial charge in [-0.1, -0.05) is 24.6 Å². The zero-order valence-electron chi connectivity index (χ0n) is 23.8. The first-order chi connectivity index (χ1) is 19.1. The van der Waals surface area contributed by atoms with Crippen LogP contribution in [0.25, 0.3) is 5.65 Å². The van der Waals surface area contributed by atoms with Crippen LogP contribution in [0.2, 0.25) is 0 Å². The van der Waals surface area contributed by atoms with Gasteiger partial charge in [-0.2, -0.15) is 9.61 Å². The van der Waals surface area contributed by atoms with Gasteiger partial charge in [0.25, 0.3) is 5.91 Å². The number of hydrogen-bond donors (Lipinski definition) is 2. The standard InChI is InChI=1S/C30H39N5O5/c1-19-25(26(29(37)38)40-30(2,3)4)28-34-14-12-20(13-15-34)9-7-8-16-39-23-11-6-5-10-21(23)18-31-27(36)22-17-24(32-19)35(28)33-22/h5-6,10-11,17,20,26H,7-9,12-16,18H2,1-4H3,(H,31,36)(H,37,38)/t26-/m0/s1. The Kier molecular flexibility index (Phi) is 7.98. The van der Waals surface area contributed by atoms with Crippen LogP contribution in [-0.2, 0) is 16.1 Å². The third kappa shape index (κ3) is 6.06. The Balaban J connectivity index is 1.60. The van der Waals surface area contributed by atoms with Crippen LogP contribution < -0.4 is 15.0 Å². The zero-order chi connectivity index (χ0) is 28.4. The highest BCUT2D eigenvalue weighted by Gasteiger charge is 2.35. The lowest BCUT2D eigenvalue weighted by Gasteiger charge is -2.36. The molecular weight excluding hydrogens is 510 g/mol. The lowest BCUT2D eigenvalue weighted by molar-refractivity contribution is -0.160. The first-order valence-electron chi connectivity index (χ1n) is 14.2. The summed E-state index contributed by atoms with van der Waals surface area (Å²) in [6.07, 6.45) is 3.91. The minimum atomic E-state index is -1.24. The monoisotopic (exact) mass is 549 g/mol. The summed E-state index contributed by atoms with van der Waals surface area (Å²) in [5, 5.41) is 17.9. The average molecular weight is 550 g/mol. The molecule has 0 saturated carbocycles. The van der Waals surface area contributed by atoms with E-state index >= 15 is 0 Å². The number of carboxylic acid groups (broad SMARTS) is 1. The van der Waals surface area contributed by atoms with Gasteiger partial charge in [0.2, 0.25) is 0 Å². The number of aryl methyl sites for hydroxylation is 1. The highest BCUT2D eigenvalue weighted by Crippen LogP contribution is 2.37. The van der Waals surface area contributed by atoms with Crippen molar-refractivity contribution in [3.8, 4) is 5.75 Å². The van der Waals surface area contributed by atoms with E-state index in [4.69, 9.17) is 14.5 Å². The number of amides is 1. The quantitative estimate of drug-likeness (QED) is 0.483. The molecule has 10 heteroatoms. The van der Waals surface area contributed by atoms with Crippen LogP contribution in [0.1, 0.15) is 86.3 Å². The Bertz CT molecular complexity index is 1390. The van der Waals surface area contributed by atoms with Crippen molar-refractivity contribution >= 4 is 23.3 Å². The fourth-order valence-corrected chi connectivity index (χ4v) is 5.63. The van der Waals surface area contributed by atoms with Gasteiger partial charge >= 0.3 is 5.97 Å². The predicted octanol–water partition coefficient (Wildman–Crippen LogP) is 4.69. The molecule has 1 saturated heterocycles. The highest BCUT2D eigenvalue weighted by molar-refractivity contribution is 5.93. The molecule has 0 aliphatic carbocycles. The molecule has 5 heterocycles. The van der Waals surface area contributed by atoms with Crippen molar-refractivity contribution in [1.82, 2.24) is 19.9 Å². The number of anilines is 1. The number of fused-ring (bicyclic) bond motifs is 8. The summed E-state index contributed by atoms with van der Waals surface area (Å²) in [5.74, 6) is 0.567. The van der Waals surface area contributed by atoms with Gasteiger partial charge < -0.3 is 24.8 Å². The summed E-state index contributed by atoms with van der Waals surface area (Å²) in [5.41, 5.74) is 1.92. The largest absolute Gasteiger partial charge is 0.493 e. The van der Waals surface area contributed by atoms with Crippen molar-refractivity contribution in [2.75, 3.05) is 24.6 Å². The van der Waals surface area contributed by atoms with E-state index in [1.54, 1.807) is 17.5 Å². The number of rotatable bonds is 3. The van der Waals surface area contributed by atoms with Gasteiger partial charge in [0.15, 0.2) is 17.4 Å². The van der Waals surface area contributed by atoms with Crippen molar-refractivity contribution in [3.63, 3.8) is 0 Å². The van der Waals surface area contributed by atoms with Crippen molar-refractivity contribution in [2.45, 2.75) is 78.0 Å². The van der Waals surface area contributed by atoms with Crippen LogP contribution >= 0.6 is 0 Å². The molecule has 0 spiro atoms. The van der Waals surface area contributed by atoms with E-state index < -0.39 is 17.7 Å². The molecule has 0 radical (unpaired) electrons. The van der Waals surface area contributed by atoms with Gasteiger partial charge in [-0.05, 0) is 65.4 Å². The maximum absolute atomic E-state index is 13.3. The molecule has 1 amide bonds. The number of ether oxygens (including phenoxy) is 2. The van der Waals surface area contributed by atoms with Crippen LogP contribution in [0, 0.1) is 12.8 Å². The van der Waals surface area contributed by atoms with Crippen LogP contribution in [0.4, 0.5) is 5.82 Å². The highest BCUT2D eigenvalue weighted by atomic mass is 16.5. The first-order valence-corrected chi connectivity index (χ1v) is 14.2. The molecule has 1 aromatic carbocycles. The Morgan fingerprint density at radius 2 is 1.93 bits per heavy atom. The van der Waals surface area contributed by atoms with Gasteiger partial charge in [0.1, 0.15) is 11.6 Å². The molecule has 6 rings (SSSR count). The minimum Gasteiger partial charge on any atom is -0.493 e. The second kappa shape index (κ2) is 11.4. The summed E-state index contributed by atoms with van der Waals surface area (Å²) in [6.45, 7) is 9.74. The van der Waals surface area contributed by atoms with Gasteiger partial charge in [0.05, 0.1) is 17.8 Å². The summed E-state index contributed by atoms with van der Waals surface area (Å²) < 4.78 is 13.8. The van der Waals surface area contributed by atoms with E-state index in [1.165, 1.54) is 0 Å². The first kappa shape index (κ1) is 27.9. The minimum absolute atomic E-state index is 0.211. The number of hydrogen-bond acceptors (Lipinski definition) is 7. The van der Waals surface area contributed by atoms with E-state index in [9.17, 15) is 14.7 Å². The lowest BCUT2D eigenvalue weighted by atomic mass is 9.91. The molecular formula is C30H39N5O5. The van der Waals surface area contributed by atoms with E-state index in [2.05, 4.69) is 15.3 Å². The van der Waals surface area contributed by atoms with Gasteiger partial charge in [-0.15, -0.1) is 0 Å². The van der Waals surface area contributed by atoms with E-state index in [-0.39, 0.29) is 11.6 Å². The fraction of sp³-hybridized carbons (Fsp3) is 0.533. The number of benzene rings is 1. The normalized spacial score (nSPS) is 18.1. The van der Waals surface area contributed by atoms with Crippen molar-refractivity contribution in [3.05, 3.63) is 52.8 Å². The van der Waals surface area contributed by atoms with Crippen LogP contribution in [0.5, 0.6) is 5.75 Å². The molecule has 10 nitrogen and oxygen atoms in total. The lowest BCUT2D eigenvalue weighted by Crippen LogP contribution is -2.38. The SMILES string of the molecule is Cc1nc2cc3nn2c(c1[C@H](OC(C)(C)C)C(=O)O)N1CCC(CCCCOc2ccccc2CNC3=O)CC1. The van der Waals surface area contributed by atoms with Gasteiger partial charge in [0, 0.05) is 37.0 Å². The molecule has 4 bridgehead atoms. The number of aromatic nitrogens is 3. The zero-order valence-corrected chi connectivity index (χ0v) is 23.8. The van der Waals surface area contributed by atoms with Crippen molar-refractivity contribution in [2.24, 2.45) is 5.92 Å². The third-order valence-corrected chi connectivity index (χ3v) is 7.58. The Labute approximate surface area is 234 Å². The molecule has 2 N–H and O–H groups in total. The summed E-state index contributed by atoms with van der Waals surface area (Å²) >= 11 is 0. The van der Waals surface area contributed by atoms with Gasteiger partial charge in [-0.25, -0.2) is 9.78 Å². The molecule has 1 atom stereocenters.